The summed E-state index contributed by atoms with van der Waals surface area (Å²) in [7, 11) is 1.98. The molecular weight excluding hydrogens is 230 g/mol. The van der Waals surface area contributed by atoms with Crippen molar-refractivity contribution in [3.63, 3.8) is 0 Å². The van der Waals surface area contributed by atoms with Crippen LogP contribution in [-0.4, -0.2) is 16.3 Å². The molecule has 3 nitrogen and oxygen atoms in total. The lowest BCUT2D eigenvalue weighted by molar-refractivity contribution is 0.683. The van der Waals surface area contributed by atoms with E-state index in [1.165, 1.54) is 16.8 Å². The Morgan fingerprint density at radius 1 is 1.47 bits per heavy atom. The van der Waals surface area contributed by atoms with Crippen LogP contribution in [0.25, 0.3) is 0 Å². The van der Waals surface area contributed by atoms with Crippen LogP contribution in [0.3, 0.4) is 0 Å². The molecule has 4 heteroatoms. The summed E-state index contributed by atoms with van der Waals surface area (Å²) in [6.07, 6.45) is 4.21. The number of nitrogens with one attached hydrogen (secondary N) is 1. The zero-order valence-corrected chi connectivity index (χ0v) is 11.3. The molecule has 2 aromatic heterocycles. The average molecular weight is 249 g/mol. The quantitative estimate of drug-likeness (QED) is 0.797. The number of thiophene rings is 1. The van der Waals surface area contributed by atoms with Gasteiger partial charge in [0.1, 0.15) is 0 Å². The highest BCUT2D eigenvalue weighted by atomic mass is 32.1. The molecule has 0 saturated carbocycles. The van der Waals surface area contributed by atoms with E-state index in [9.17, 15) is 0 Å². The van der Waals surface area contributed by atoms with E-state index in [4.69, 9.17) is 0 Å². The normalized spacial score (nSPS) is 10.9. The van der Waals surface area contributed by atoms with Gasteiger partial charge in [-0.2, -0.15) is 16.4 Å². The summed E-state index contributed by atoms with van der Waals surface area (Å²) < 4.78 is 1.90. The molecule has 0 fully saturated rings. The van der Waals surface area contributed by atoms with Crippen molar-refractivity contribution in [2.24, 2.45) is 7.05 Å². The highest BCUT2D eigenvalue weighted by molar-refractivity contribution is 7.07. The molecule has 0 spiro atoms. The summed E-state index contributed by atoms with van der Waals surface area (Å²) in [6, 6.07) is 2.19. The summed E-state index contributed by atoms with van der Waals surface area (Å²) >= 11 is 1.76. The number of aromatic nitrogens is 2. The van der Waals surface area contributed by atoms with Crippen LogP contribution in [0.5, 0.6) is 0 Å². The summed E-state index contributed by atoms with van der Waals surface area (Å²) in [6.45, 7) is 4.09. The largest absolute Gasteiger partial charge is 0.312 e. The first-order chi connectivity index (χ1) is 8.29. The molecule has 0 amide bonds. The van der Waals surface area contributed by atoms with Crippen molar-refractivity contribution < 1.29 is 0 Å². The maximum atomic E-state index is 4.44. The van der Waals surface area contributed by atoms with Gasteiger partial charge in [-0.25, -0.2) is 0 Å². The van der Waals surface area contributed by atoms with Gasteiger partial charge in [0.15, 0.2) is 0 Å². The predicted molar refractivity (Wildman–Crippen MR) is 72.3 cm³/mol. The van der Waals surface area contributed by atoms with Crippen molar-refractivity contribution in [1.29, 1.82) is 0 Å². The summed E-state index contributed by atoms with van der Waals surface area (Å²) in [5.74, 6) is 0. The lowest BCUT2D eigenvalue weighted by Crippen LogP contribution is -2.16. The SMILES string of the molecule is CCc1nn(C)cc1CNCCc1ccsc1. The molecule has 0 aromatic carbocycles. The summed E-state index contributed by atoms with van der Waals surface area (Å²) in [4.78, 5) is 0. The minimum Gasteiger partial charge on any atom is -0.312 e. The third kappa shape index (κ3) is 3.41. The van der Waals surface area contributed by atoms with Crippen LogP contribution < -0.4 is 5.32 Å². The fourth-order valence-corrected chi connectivity index (χ4v) is 2.62. The number of hydrogen-bond donors (Lipinski definition) is 1. The van der Waals surface area contributed by atoms with Gasteiger partial charge in [0.2, 0.25) is 0 Å². The topological polar surface area (TPSA) is 29.9 Å². The standard InChI is InChI=1S/C13H19N3S/c1-3-13-12(9-16(2)15-13)8-14-6-4-11-5-7-17-10-11/h5,7,9-10,14H,3-4,6,8H2,1-2H3. The molecule has 0 aliphatic rings. The van der Waals surface area contributed by atoms with Gasteiger partial charge in [-0.1, -0.05) is 6.92 Å². The van der Waals surface area contributed by atoms with Gasteiger partial charge in [-0.15, -0.1) is 0 Å². The van der Waals surface area contributed by atoms with Crippen molar-refractivity contribution in [2.75, 3.05) is 6.54 Å². The van der Waals surface area contributed by atoms with Gasteiger partial charge >= 0.3 is 0 Å². The highest BCUT2D eigenvalue weighted by Crippen LogP contribution is 2.08. The van der Waals surface area contributed by atoms with Crippen molar-refractivity contribution in [3.8, 4) is 0 Å². The Morgan fingerprint density at radius 2 is 2.35 bits per heavy atom. The molecule has 2 heterocycles. The van der Waals surface area contributed by atoms with Crippen LogP contribution in [-0.2, 0) is 26.4 Å². The van der Waals surface area contributed by atoms with Gasteiger partial charge < -0.3 is 5.32 Å². The van der Waals surface area contributed by atoms with Crippen LogP contribution in [0.2, 0.25) is 0 Å². The van der Waals surface area contributed by atoms with Gasteiger partial charge in [0.05, 0.1) is 5.69 Å². The Balaban J connectivity index is 1.77. The molecule has 2 aromatic rings. The predicted octanol–water partition coefficient (Wildman–Crippen LogP) is 2.38. The first kappa shape index (κ1) is 12.3. The molecule has 2 rings (SSSR count). The van der Waals surface area contributed by atoms with Crippen molar-refractivity contribution in [3.05, 3.63) is 39.8 Å². The zero-order chi connectivity index (χ0) is 12.1. The lowest BCUT2D eigenvalue weighted by atomic mass is 10.2. The van der Waals surface area contributed by atoms with E-state index in [2.05, 4.69) is 40.4 Å². The fourth-order valence-electron chi connectivity index (χ4n) is 1.92. The molecule has 0 radical (unpaired) electrons. The minimum atomic E-state index is 0.918. The number of hydrogen-bond acceptors (Lipinski definition) is 3. The minimum absolute atomic E-state index is 0.918. The lowest BCUT2D eigenvalue weighted by Gasteiger charge is -2.03. The van der Waals surface area contributed by atoms with E-state index in [1.807, 2.05) is 11.7 Å². The van der Waals surface area contributed by atoms with E-state index in [0.29, 0.717) is 0 Å². The van der Waals surface area contributed by atoms with E-state index >= 15 is 0 Å². The third-order valence-corrected chi connectivity index (χ3v) is 3.54. The molecule has 0 bridgehead atoms. The van der Waals surface area contributed by atoms with E-state index in [0.717, 1.165) is 25.9 Å². The Labute approximate surface area is 106 Å². The van der Waals surface area contributed by atoms with Crippen LogP contribution in [0.15, 0.2) is 23.0 Å². The van der Waals surface area contributed by atoms with Gasteiger partial charge in [-0.05, 0) is 41.8 Å². The van der Waals surface area contributed by atoms with Gasteiger partial charge in [0, 0.05) is 25.4 Å². The van der Waals surface area contributed by atoms with Gasteiger partial charge in [-0.3, -0.25) is 4.68 Å². The van der Waals surface area contributed by atoms with Crippen molar-refractivity contribution >= 4 is 11.3 Å². The second-order valence-electron chi connectivity index (χ2n) is 4.19. The van der Waals surface area contributed by atoms with Gasteiger partial charge in [0.25, 0.3) is 0 Å². The van der Waals surface area contributed by atoms with E-state index in [1.54, 1.807) is 11.3 Å². The molecule has 0 aliphatic heterocycles. The summed E-state index contributed by atoms with van der Waals surface area (Å²) in [5.41, 5.74) is 3.94. The summed E-state index contributed by atoms with van der Waals surface area (Å²) in [5, 5.41) is 12.3. The Hall–Kier alpha value is -1.13. The van der Waals surface area contributed by atoms with Crippen LogP contribution in [0.4, 0.5) is 0 Å². The second-order valence-corrected chi connectivity index (χ2v) is 4.97. The molecule has 17 heavy (non-hydrogen) atoms. The molecule has 0 aliphatic carbocycles. The Bertz CT molecular complexity index is 445. The Kier molecular flexibility index (Phi) is 4.34. The number of aryl methyl sites for hydroxylation is 2. The molecule has 0 saturated heterocycles. The Morgan fingerprint density at radius 3 is 3.06 bits per heavy atom. The first-order valence-corrected chi connectivity index (χ1v) is 6.97. The maximum Gasteiger partial charge on any atom is 0.0666 e. The van der Waals surface area contributed by atoms with E-state index < -0.39 is 0 Å². The first-order valence-electron chi connectivity index (χ1n) is 6.02. The maximum absolute atomic E-state index is 4.44. The molecule has 0 unspecified atom stereocenters. The number of nitrogens with zero attached hydrogens (tertiary/aromatic N) is 2. The van der Waals surface area contributed by atoms with Crippen LogP contribution in [0.1, 0.15) is 23.7 Å². The highest BCUT2D eigenvalue weighted by Gasteiger charge is 2.04. The fraction of sp³-hybridized carbons (Fsp3) is 0.462. The molecule has 0 atom stereocenters. The zero-order valence-electron chi connectivity index (χ0n) is 10.4. The number of rotatable bonds is 6. The second kappa shape index (κ2) is 5.98. The molecular formula is C13H19N3S. The van der Waals surface area contributed by atoms with Crippen LogP contribution >= 0.6 is 11.3 Å². The van der Waals surface area contributed by atoms with Crippen molar-refractivity contribution in [1.82, 2.24) is 15.1 Å². The smallest absolute Gasteiger partial charge is 0.0666 e. The van der Waals surface area contributed by atoms with E-state index in [-0.39, 0.29) is 0 Å². The van der Waals surface area contributed by atoms with Crippen molar-refractivity contribution in [2.45, 2.75) is 26.3 Å². The monoisotopic (exact) mass is 249 g/mol. The van der Waals surface area contributed by atoms with Crippen LogP contribution in [0, 0.1) is 0 Å². The average Bonchev–Trinajstić information content (AvgIpc) is 2.93. The molecule has 92 valence electrons. The third-order valence-electron chi connectivity index (χ3n) is 2.81. The molecule has 1 N–H and O–H groups in total.